The first-order valence-corrected chi connectivity index (χ1v) is 6.81. The van der Waals surface area contributed by atoms with Gasteiger partial charge in [-0.25, -0.2) is 13.2 Å². The molecule has 0 saturated heterocycles. The summed E-state index contributed by atoms with van der Waals surface area (Å²) in [7, 11) is -4.03. The fourth-order valence-electron chi connectivity index (χ4n) is 1.48. The van der Waals surface area contributed by atoms with Gasteiger partial charge < -0.3 is 15.1 Å². The number of imidazole rings is 1. The van der Waals surface area contributed by atoms with Crippen LogP contribution in [0.3, 0.4) is 0 Å². The van der Waals surface area contributed by atoms with Gasteiger partial charge in [-0.2, -0.15) is 0 Å². The van der Waals surface area contributed by atoms with Crippen LogP contribution in [0.15, 0.2) is 23.0 Å². The Bertz CT molecular complexity index is 789. The lowest BCUT2D eigenvalue weighted by Gasteiger charge is -2.11. The molecule has 0 saturated carbocycles. The molecule has 0 bridgehead atoms. The van der Waals surface area contributed by atoms with Crippen LogP contribution in [0.4, 0.5) is 5.69 Å². The molecule has 0 spiro atoms. The van der Waals surface area contributed by atoms with Crippen molar-refractivity contribution in [1.82, 2.24) is 9.97 Å². The van der Waals surface area contributed by atoms with Gasteiger partial charge in [0.15, 0.2) is 5.25 Å². The number of carbonyl (C=O) groups is 1. The molecule has 102 valence electrons. The van der Waals surface area contributed by atoms with Crippen LogP contribution in [-0.2, 0) is 14.8 Å². The highest BCUT2D eigenvalue weighted by Crippen LogP contribution is 2.17. The van der Waals surface area contributed by atoms with E-state index in [0.29, 0.717) is 11.0 Å². The number of hydrogen-bond donors (Lipinski definition) is 4. The number of benzene rings is 1. The molecule has 4 N–H and O–H groups in total. The van der Waals surface area contributed by atoms with Gasteiger partial charge in [0.2, 0.25) is 10.0 Å². The van der Waals surface area contributed by atoms with E-state index in [1.165, 1.54) is 18.2 Å². The second-order valence-corrected chi connectivity index (χ2v) is 5.97. The van der Waals surface area contributed by atoms with E-state index in [4.69, 9.17) is 5.11 Å². The maximum Gasteiger partial charge on any atom is 0.323 e. The molecule has 8 nitrogen and oxygen atoms in total. The molecule has 2 rings (SSSR count). The maximum atomic E-state index is 11.7. The number of H-pyrrole nitrogens is 2. The summed E-state index contributed by atoms with van der Waals surface area (Å²) < 4.78 is 25.6. The van der Waals surface area contributed by atoms with E-state index in [-0.39, 0.29) is 5.69 Å². The van der Waals surface area contributed by atoms with Crippen LogP contribution in [0, 0.1) is 0 Å². The van der Waals surface area contributed by atoms with Gasteiger partial charge in [-0.15, -0.1) is 0 Å². The van der Waals surface area contributed by atoms with Gasteiger partial charge in [0.25, 0.3) is 0 Å². The quantitative estimate of drug-likeness (QED) is 0.631. The number of aromatic amines is 2. The molecule has 0 aliphatic rings. The van der Waals surface area contributed by atoms with Gasteiger partial charge >= 0.3 is 11.7 Å². The molecule has 19 heavy (non-hydrogen) atoms. The van der Waals surface area contributed by atoms with Crippen molar-refractivity contribution in [2.45, 2.75) is 12.2 Å². The Hall–Kier alpha value is -2.29. The number of anilines is 1. The van der Waals surface area contributed by atoms with E-state index in [9.17, 15) is 18.0 Å². The zero-order valence-corrected chi connectivity index (χ0v) is 10.6. The molecule has 1 aromatic carbocycles. The van der Waals surface area contributed by atoms with E-state index < -0.39 is 26.9 Å². The molecule has 0 radical (unpaired) electrons. The first-order valence-electron chi connectivity index (χ1n) is 5.26. The summed E-state index contributed by atoms with van der Waals surface area (Å²) >= 11 is 0. The van der Waals surface area contributed by atoms with Crippen LogP contribution in [0.5, 0.6) is 0 Å². The van der Waals surface area contributed by atoms with Crippen molar-refractivity contribution in [1.29, 1.82) is 0 Å². The summed E-state index contributed by atoms with van der Waals surface area (Å²) in [5, 5.41) is 7.12. The molecule has 0 aliphatic carbocycles. The third kappa shape index (κ3) is 2.60. The smallest absolute Gasteiger partial charge is 0.323 e. The molecular formula is C10H11N3O5S. The molecule has 9 heteroatoms. The highest BCUT2D eigenvalue weighted by molar-refractivity contribution is 7.94. The Balaban J connectivity index is 2.35. The van der Waals surface area contributed by atoms with Gasteiger partial charge in [-0.05, 0) is 25.1 Å². The summed E-state index contributed by atoms with van der Waals surface area (Å²) in [6.45, 7) is 1.07. The number of fused-ring (bicyclic) bond motifs is 1. The fourth-order valence-corrected chi connectivity index (χ4v) is 2.38. The van der Waals surface area contributed by atoms with Crippen molar-refractivity contribution in [2.75, 3.05) is 4.72 Å². The van der Waals surface area contributed by atoms with E-state index in [2.05, 4.69) is 14.7 Å². The summed E-state index contributed by atoms with van der Waals surface area (Å²) in [6, 6.07) is 4.34. The predicted octanol–water partition coefficient (Wildman–Crippen LogP) is 0.0710. The molecule has 0 fully saturated rings. The average Bonchev–Trinajstić information content (AvgIpc) is 2.66. The molecule has 0 amide bonds. The summed E-state index contributed by atoms with van der Waals surface area (Å²) in [5.41, 5.74) is 0.720. The molecule has 1 atom stereocenters. The largest absolute Gasteiger partial charge is 0.480 e. The van der Waals surface area contributed by atoms with Crippen LogP contribution in [0.1, 0.15) is 6.92 Å². The summed E-state index contributed by atoms with van der Waals surface area (Å²) in [5.74, 6) is -1.44. The van der Waals surface area contributed by atoms with Crippen molar-refractivity contribution in [3.05, 3.63) is 28.7 Å². The minimum absolute atomic E-state index is 0.177. The van der Waals surface area contributed by atoms with E-state index >= 15 is 0 Å². The number of aromatic nitrogens is 2. The molecular weight excluding hydrogens is 274 g/mol. The van der Waals surface area contributed by atoms with E-state index in [1.807, 2.05) is 0 Å². The van der Waals surface area contributed by atoms with Crippen molar-refractivity contribution in [2.24, 2.45) is 0 Å². The molecule has 2 aromatic rings. The van der Waals surface area contributed by atoms with Gasteiger partial charge in [-0.3, -0.25) is 9.52 Å². The highest BCUT2D eigenvalue weighted by atomic mass is 32.2. The Kier molecular flexibility index (Phi) is 3.06. The lowest BCUT2D eigenvalue weighted by molar-refractivity contribution is -0.136. The number of nitrogens with one attached hydrogen (secondary N) is 3. The van der Waals surface area contributed by atoms with Crippen LogP contribution >= 0.6 is 0 Å². The zero-order chi connectivity index (χ0) is 14.2. The molecule has 0 aliphatic heterocycles. The SMILES string of the molecule is CC(C(=O)O)S(=O)(=O)Nc1ccc2[nH]c(=O)[nH]c2c1. The highest BCUT2D eigenvalue weighted by Gasteiger charge is 2.27. The molecule has 1 heterocycles. The molecule has 1 unspecified atom stereocenters. The third-order valence-corrected chi connectivity index (χ3v) is 4.24. The van der Waals surface area contributed by atoms with E-state index in [0.717, 1.165) is 6.92 Å². The number of hydrogen-bond acceptors (Lipinski definition) is 4. The van der Waals surface area contributed by atoms with Crippen LogP contribution < -0.4 is 10.4 Å². The number of carboxylic acid groups (broad SMARTS) is 1. The third-order valence-electron chi connectivity index (χ3n) is 2.59. The van der Waals surface area contributed by atoms with Crippen LogP contribution in [0.2, 0.25) is 0 Å². The van der Waals surface area contributed by atoms with Crippen LogP contribution in [-0.4, -0.2) is 34.7 Å². The topological polar surface area (TPSA) is 132 Å². The Labute approximate surface area is 107 Å². The average molecular weight is 285 g/mol. The van der Waals surface area contributed by atoms with Crippen LogP contribution in [0.25, 0.3) is 11.0 Å². The van der Waals surface area contributed by atoms with Gasteiger partial charge in [-0.1, -0.05) is 0 Å². The maximum absolute atomic E-state index is 11.7. The Morgan fingerprint density at radius 2 is 1.95 bits per heavy atom. The van der Waals surface area contributed by atoms with Gasteiger partial charge in [0.05, 0.1) is 16.7 Å². The standard InChI is InChI=1S/C10H11N3O5S/c1-5(9(14)15)19(17,18)13-6-2-3-7-8(4-6)12-10(16)11-7/h2-5,13H,1H3,(H,14,15)(H2,11,12,16). The van der Waals surface area contributed by atoms with Crippen molar-refractivity contribution in [3.63, 3.8) is 0 Å². The van der Waals surface area contributed by atoms with Gasteiger partial charge in [0, 0.05) is 0 Å². The van der Waals surface area contributed by atoms with Crippen molar-refractivity contribution >= 4 is 32.7 Å². The normalized spacial score (nSPS) is 13.3. The minimum Gasteiger partial charge on any atom is -0.480 e. The first-order chi connectivity index (χ1) is 8.79. The lowest BCUT2D eigenvalue weighted by atomic mass is 10.3. The zero-order valence-electron chi connectivity index (χ0n) is 9.80. The number of aliphatic carboxylic acids is 1. The minimum atomic E-state index is -4.03. The Morgan fingerprint density at radius 1 is 1.32 bits per heavy atom. The lowest BCUT2D eigenvalue weighted by Crippen LogP contribution is -2.32. The predicted molar refractivity (Wildman–Crippen MR) is 68.6 cm³/mol. The molecule has 1 aromatic heterocycles. The number of sulfonamides is 1. The number of carboxylic acids is 1. The second-order valence-electron chi connectivity index (χ2n) is 3.97. The van der Waals surface area contributed by atoms with Gasteiger partial charge in [0.1, 0.15) is 0 Å². The number of rotatable bonds is 4. The Morgan fingerprint density at radius 3 is 2.58 bits per heavy atom. The first kappa shape index (κ1) is 13.1. The fraction of sp³-hybridized carbons (Fsp3) is 0.200. The van der Waals surface area contributed by atoms with E-state index in [1.54, 1.807) is 0 Å². The van der Waals surface area contributed by atoms with Crippen molar-refractivity contribution < 1.29 is 18.3 Å². The summed E-state index contributed by atoms with van der Waals surface area (Å²) in [6.07, 6.45) is 0. The monoisotopic (exact) mass is 285 g/mol. The summed E-state index contributed by atoms with van der Waals surface area (Å²) in [4.78, 5) is 26.7. The second kappa shape index (κ2) is 4.43. The van der Waals surface area contributed by atoms with Crippen molar-refractivity contribution in [3.8, 4) is 0 Å².